The Hall–Kier alpha value is -1.59. The molecule has 1 rings (SSSR count). The molecule has 5 heteroatoms. The Bertz CT molecular complexity index is 379. The summed E-state index contributed by atoms with van der Waals surface area (Å²) >= 11 is 0. The number of methoxy groups -OCH3 is 2. The van der Waals surface area contributed by atoms with Crippen LogP contribution in [0.15, 0.2) is 24.3 Å². The molecule has 1 amide bonds. The van der Waals surface area contributed by atoms with Crippen molar-refractivity contribution in [1.29, 1.82) is 0 Å². The summed E-state index contributed by atoms with van der Waals surface area (Å²) in [4.78, 5) is 11.7. The van der Waals surface area contributed by atoms with Gasteiger partial charge in [-0.25, -0.2) is 0 Å². The molecule has 0 aliphatic carbocycles. The molecular formula is C14H22N2O3. The molecule has 0 saturated heterocycles. The Balaban J connectivity index is 2.36. The third kappa shape index (κ3) is 5.72. The third-order valence-electron chi connectivity index (χ3n) is 2.82. The van der Waals surface area contributed by atoms with Crippen LogP contribution in [-0.4, -0.2) is 39.3 Å². The van der Waals surface area contributed by atoms with Crippen LogP contribution in [0.5, 0.6) is 5.75 Å². The van der Waals surface area contributed by atoms with Crippen molar-refractivity contribution in [2.24, 2.45) is 5.73 Å². The van der Waals surface area contributed by atoms with Gasteiger partial charge in [-0.3, -0.25) is 4.79 Å². The lowest BCUT2D eigenvalue weighted by molar-refractivity contribution is -0.122. The third-order valence-corrected chi connectivity index (χ3v) is 2.82. The Morgan fingerprint density at radius 1 is 1.32 bits per heavy atom. The summed E-state index contributed by atoms with van der Waals surface area (Å²) in [6, 6.07) is 7.58. The van der Waals surface area contributed by atoms with Crippen LogP contribution in [0.25, 0.3) is 0 Å². The first-order valence-electron chi connectivity index (χ1n) is 6.31. The van der Waals surface area contributed by atoms with E-state index < -0.39 is 0 Å². The zero-order valence-corrected chi connectivity index (χ0v) is 11.5. The predicted molar refractivity (Wildman–Crippen MR) is 74.2 cm³/mol. The highest BCUT2D eigenvalue weighted by Crippen LogP contribution is 2.12. The summed E-state index contributed by atoms with van der Waals surface area (Å²) in [5.74, 6) is 0.805. The summed E-state index contributed by atoms with van der Waals surface area (Å²) in [5.41, 5.74) is 6.64. The molecule has 0 heterocycles. The number of carbonyl (C=O) groups excluding carboxylic acids is 1. The van der Waals surface area contributed by atoms with Gasteiger partial charge in [0.15, 0.2) is 0 Å². The second-order valence-electron chi connectivity index (χ2n) is 4.30. The average Bonchev–Trinajstić information content (AvgIpc) is 2.45. The molecule has 0 aromatic heterocycles. The molecular weight excluding hydrogens is 244 g/mol. The van der Waals surface area contributed by atoms with Gasteiger partial charge in [0.05, 0.1) is 19.8 Å². The van der Waals surface area contributed by atoms with Crippen LogP contribution in [0.1, 0.15) is 12.0 Å². The van der Waals surface area contributed by atoms with E-state index in [1.54, 1.807) is 14.2 Å². The standard InChI is InChI=1S/C14H22N2O3/c1-18-10-12(9-15)16-14(17)8-5-11-3-6-13(19-2)7-4-11/h3-4,6-7,12H,5,8-10,15H2,1-2H3,(H,16,17). The van der Waals surface area contributed by atoms with E-state index in [1.807, 2.05) is 24.3 Å². The SMILES string of the molecule is COCC(CN)NC(=O)CCc1ccc(OC)cc1. The lowest BCUT2D eigenvalue weighted by Crippen LogP contribution is -2.43. The van der Waals surface area contributed by atoms with Gasteiger partial charge < -0.3 is 20.5 Å². The minimum absolute atomic E-state index is 0.0108. The minimum Gasteiger partial charge on any atom is -0.497 e. The van der Waals surface area contributed by atoms with Gasteiger partial charge in [-0.05, 0) is 24.1 Å². The number of nitrogens with one attached hydrogen (secondary N) is 1. The first-order valence-corrected chi connectivity index (χ1v) is 6.31. The number of hydrogen-bond donors (Lipinski definition) is 2. The van der Waals surface area contributed by atoms with Crippen LogP contribution in [-0.2, 0) is 16.0 Å². The topological polar surface area (TPSA) is 73.6 Å². The van der Waals surface area contributed by atoms with Crippen molar-refractivity contribution in [3.8, 4) is 5.75 Å². The summed E-state index contributed by atoms with van der Waals surface area (Å²) in [6.45, 7) is 0.812. The monoisotopic (exact) mass is 266 g/mol. The first-order chi connectivity index (χ1) is 9.19. The van der Waals surface area contributed by atoms with Crippen LogP contribution in [0, 0.1) is 0 Å². The quantitative estimate of drug-likeness (QED) is 0.727. The second-order valence-corrected chi connectivity index (χ2v) is 4.30. The van der Waals surface area contributed by atoms with Crippen molar-refractivity contribution < 1.29 is 14.3 Å². The number of ether oxygens (including phenoxy) is 2. The average molecular weight is 266 g/mol. The maximum absolute atomic E-state index is 11.7. The molecule has 1 unspecified atom stereocenters. The molecule has 0 radical (unpaired) electrons. The first kappa shape index (κ1) is 15.5. The molecule has 19 heavy (non-hydrogen) atoms. The molecule has 0 bridgehead atoms. The van der Waals surface area contributed by atoms with Gasteiger partial charge in [0.2, 0.25) is 5.91 Å². The molecule has 0 aliphatic rings. The fourth-order valence-corrected chi connectivity index (χ4v) is 1.72. The molecule has 0 aliphatic heterocycles. The number of benzene rings is 1. The maximum Gasteiger partial charge on any atom is 0.220 e. The van der Waals surface area contributed by atoms with Crippen molar-refractivity contribution in [2.75, 3.05) is 27.4 Å². The molecule has 1 aromatic carbocycles. The van der Waals surface area contributed by atoms with E-state index >= 15 is 0 Å². The second kappa shape index (κ2) is 8.50. The summed E-state index contributed by atoms with van der Waals surface area (Å²) in [5, 5.41) is 2.85. The highest BCUT2D eigenvalue weighted by molar-refractivity contribution is 5.76. The number of aryl methyl sites for hydroxylation is 1. The molecule has 1 aromatic rings. The van der Waals surface area contributed by atoms with E-state index in [9.17, 15) is 4.79 Å². The molecule has 0 saturated carbocycles. The molecule has 3 N–H and O–H groups in total. The van der Waals surface area contributed by atoms with Gasteiger partial charge in [-0.2, -0.15) is 0 Å². The number of nitrogens with two attached hydrogens (primary N) is 1. The molecule has 5 nitrogen and oxygen atoms in total. The van der Waals surface area contributed by atoms with Crippen molar-refractivity contribution in [3.63, 3.8) is 0 Å². The van der Waals surface area contributed by atoms with Crippen molar-refractivity contribution in [1.82, 2.24) is 5.32 Å². The van der Waals surface area contributed by atoms with Crippen molar-refractivity contribution in [3.05, 3.63) is 29.8 Å². The fourth-order valence-electron chi connectivity index (χ4n) is 1.72. The summed E-state index contributed by atoms with van der Waals surface area (Å²) in [7, 11) is 3.22. The van der Waals surface area contributed by atoms with E-state index in [1.165, 1.54) is 0 Å². The van der Waals surface area contributed by atoms with Gasteiger partial charge in [-0.1, -0.05) is 12.1 Å². The van der Waals surface area contributed by atoms with Crippen molar-refractivity contribution in [2.45, 2.75) is 18.9 Å². The van der Waals surface area contributed by atoms with Crippen LogP contribution in [0.4, 0.5) is 0 Å². The Labute approximate surface area is 114 Å². The van der Waals surface area contributed by atoms with Gasteiger partial charge in [0.1, 0.15) is 5.75 Å². The lowest BCUT2D eigenvalue weighted by Gasteiger charge is -2.15. The predicted octanol–water partition coefficient (Wildman–Crippen LogP) is 0.718. The lowest BCUT2D eigenvalue weighted by atomic mass is 10.1. The zero-order chi connectivity index (χ0) is 14.1. The number of amides is 1. The highest BCUT2D eigenvalue weighted by atomic mass is 16.5. The van der Waals surface area contributed by atoms with Crippen LogP contribution < -0.4 is 15.8 Å². The molecule has 0 spiro atoms. The molecule has 106 valence electrons. The summed E-state index contributed by atoms with van der Waals surface area (Å²) in [6.07, 6.45) is 1.13. The number of carbonyl (C=O) groups is 1. The van der Waals surface area contributed by atoms with E-state index in [4.69, 9.17) is 15.2 Å². The minimum atomic E-state index is -0.117. The van der Waals surface area contributed by atoms with E-state index in [2.05, 4.69) is 5.32 Å². The Kier molecular flexibility index (Phi) is 6.92. The largest absolute Gasteiger partial charge is 0.497 e. The van der Waals surface area contributed by atoms with Gasteiger partial charge in [0, 0.05) is 20.1 Å². The van der Waals surface area contributed by atoms with Crippen LogP contribution >= 0.6 is 0 Å². The van der Waals surface area contributed by atoms with Gasteiger partial charge in [0.25, 0.3) is 0 Å². The van der Waals surface area contributed by atoms with Crippen LogP contribution in [0.2, 0.25) is 0 Å². The number of hydrogen-bond acceptors (Lipinski definition) is 4. The van der Waals surface area contributed by atoms with E-state index in [0.717, 1.165) is 11.3 Å². The van der Waals surface area contributed by atoms with Gasteiger partial charge >= 0.3 is 0 Å². The van der Waals surface area contributed by atoms with Gasteiger partial charge in [-0.15, -0.1) is 0 Å². The van der Waals surface area contributed by atoms with Crippen molar-refractivity contribution >= 4 is 5.91 Å². The van der Waals surface area contributed by atoms with Crippen LogP contribution in [0.3, 0.4) is 0 Å². The fraction of sp³-hybridized carbons (Fsp3) is 0.500. The Morgan fingerprint density at radius 3 is 2.53 bits per heavy atom. The molecule has 0 fully saturated rings. The number of rotatable bonds is 8. The van der Waals surface area contributed by atoms with E-state index in [-0.39, 0.29) is 11.9 Å². The molecule has 1 atom stereocenters. The van der Waals surface area contributed by atoms with E-state index in [0.29, 0.717) is 26.0 Å². The smallest absolute Gasteiger partial charge is 0.220 e. The Morgan fingerprint density at radius 2 is 2.00 bits per heavy atom. The zero-order valence-electron chi connectivity index (χ0n) is 11.5. The maximum atomic E-state index is 11.7. The normalized spacial score (nSPS) is 11.9. The summed E-state index contributed by atoms with van der Waals surface area (Å²) < 4.78 is 10.1. The highest BCUT2D eigenvalue weighted by Gasteiger charge is 2.10.